The maximum Gasteiger partial charge on any atom is 0.423 e. The Hall–Kier alpha value is -4.16. The first kappa shape index (κ1) is 24.9. The summed E-state index contributed by atoms with van der Waals surface area (Å²) in [6.45, 7) is 2.96. The number of fused-ring (bicyclic) bond motifs is 1. The Morgan fingerprint density at radius 1 is 1.11 bits per heavy atom. The molecule has 0 bridgehead atoms. The van der Waals surface area contributed by atoms with E-state index in [1.54, 1.807) is 16.7 Å². The van der Waals surface area contributed by atoms with Gasteiger partial charge in [0.15, 0.2) is 0 Å². The number of anilines is 2. The van der Waals surface area contributed by atoms with Crippen LogP contribution in [0, 0.1) is 15.9 Å². The highest BCUT2D eigenvalue weighted by atomic mass is 19.4. The summed E-state index contributed by atoms with van der Waals surface area (Å²) in [6.07, 6.45) is -3.69. The predicted molar refractivity (Wildman–Crippen MR) is 123 cm³/mol. The molecule has 0 atom stereocenters. The van der Waals surface area contributed by atoms with Crippen molar-refractivity contribution >= 4 is 33.9 Å². The van der Waals surface area contributed by atoms with Gasteiger partial charge in [-0.2, -0.15) is 13.2 Å². The van der Waals surface area contributed by atoms with E-state index in [2.05, 4.69) is 0 Å². The van der Waals surface area contributed by atoms with E-state index in [1.807, 2.05) is 0 Å². The highest BCUT2D eigenvalue weighted by Gasteiger charge is 2.39. The number of halogens is 4. The van der Waals surface area contributed by atoms with Gasteiger partial charge in [0, 0.05) is 56.1 Å². The van der Waals surface area contributed by atoms with Gasteiger partial charge >= 0.3 is 12.1 Å². The first-order valence-electron chi connectivity index (χ1n) is 10.9. The van der Waals surface area contributed by atoms with Gasteiger partial charge in [-0.05, 0) is 31.2 Å². The number of hydrogen-bond donors (Lipinski definition) is 1. The van der Waals surface area contributed by atoms with Gasteiger partial charge in [0.1, 0.15) is 16.9 Å². The fraction of sp³-hybridized carbons (Fsp3) is 0.304. The minimum atomic E-state index is -4.90. The molecule has 9 nitrogen and oxygen atoms in total. The van der Waals surface area contributed by atoms with Gasteiger partial charge < -0.3 is 19.5 Å². The second-order valence-corrected chi connectivity index (χ2v) is 8.21. The number of alkyl halides is 3. The fourth-order valence-electron chi connectivity index (χ4n) is 4.37. The Bertz CT molecular complexity index is 1430. The highest BCUT2D eigenvalue weighted by Crippen LogP contribution is 2.38. The smallest absolute Gasteiger partial charge is 0.423 e. The third kappa shape index (κ3) is 4.43. The van der Waals surface area contributed by atoms with Crippen molar-refractivity contribution < 1.29 is 32.4 Å². The molecular weight excluding hydrogens is 488 g/mol. The molecule has 1 saturated heterocycles. The summed E-state index contributed by atoms with van der Waals surface area (Å²) >= 11 is 0. The van der Waals surface area contributed by atoms with E-state index >= 15 is 4.39 Å². The van der Waals surface area contributed by atoms with Gasteiger partial charge in [0.25, 0.3) is 5.69 Å². The summed E-state index contributed by atoms with van der Waals surface area (Å²) in [5.74, 6) is -2.14. The van der Waals surface area contributed by atoms with E-state index in [9.17, 15) is 38.0 Å². The SMILES string of the molecule is CCn1cc(C(=O)O)c(=O)c2cc(F)c(N3CCN(c4ccc([N+](=O)[O-])c(C(F)(F)F)c4)CC3)cc21. The number of piperazine rings is 1. The molecule has 2 heterocycles. The van der Waals surface area contributed by atoms with Crippen LogP contribution in [0.4, 0.5) is 34.6 Å². The van der Waals surface area contributed by atoms with Gasteiger partial charge in [-0.1, -0.05) is 0 Å². The van der Waals surface area contributed by atoms with E-state index in [-0.39, 0.29) is 42.9 Å². The lowest BCUT2D eigenvalue weighted by molar-refractivity contribution is -0.388. The van der Waals surface area contributed by atoms with Gasteiger partial charge in [-0.3, -0.25) is 14.9 Å². The van der Waals surface area contributed by atoms with Crippen molar-refractivity contribution in [1.82, 2.24) is 4.57 Å². The topological polar surface area (TPSA) is 109 Å². The molecule has 190 valence electrons. The number of rotatable bonds is 5. The van der Waals surface area contributed by atoms with Crippen LogP contribution in [0.15, 0.2) is 41.3 Å². The number of nitro benzene ring substituents is 1. The molecule has 1 aromatic heterocycles. The zero-order chi connectivity index (χ0) is 26.4. The van der Waals surface area contributed by atoms with Crippen molar-refractivity contribution in [3.05, 3.63) is 73.8 Å². The predicted octanol–water partition coefficient (Wildman–Crippen LogP) is 4.11. The quantitative estimate of drug-likeness (QED) is 0.314. The Morgan fingerprint density at radius 3 is 2.31 bits per heavy atom. The number of carbonyl (C=O) groups is 1. The molecule has 4 rings (SSSR count). The number of carboxylic acid groups (broad SMARTS) is 1. The molecular formula is C23H20F4N4O5. The summed E-state index contributed by atoms with van der Waals surface area (Å²) < 4.78 is 56.6. The Morgan fingerprint density at radius 2 is 1.75 bits per heavy atom. The minimum Gasteiger partial charge on any atom is -0.477 e. The summed E-state index contributed by atoms with van der Waals surface area (Å²) in [4.78, 5) is 37.1. The van der Waals surface area contributed by atoms with Gasteiger partial charge in [0.2, 0.25) is 5.43 Å². The van der Waals surface area contributed by atoms with E-state index in [0.717, 1.165) is 18.2 Å². The molecule has 1 aliphatic rings. The summed E-state index contributed by atoms with van der Waals surface area (Å²) in [5.41, 5.74) is -2.94. The lowest BCUT2D eigenvalue weighted by Gasteiger charge is -2.37. The van der Waals surface area contributed by atoms with E-state index in [1.165, 1.54) is 22.9 Å². The van der Waals surface area contributed by atoms with Crippen LogP contribution >= 0.6 is 0 Å². The fourth-order valence-corrected chi connectivity index (χ4v) is 4.37. The lowest BCUT2D eigenvalue weighted by Crippen LogP contribution is -2.47. The molecule has 0 aliphatic carbocycles. The molecule has 0 unspecified atom stereocenters. The van der Waals surface area contributed by atoms with Crippen molar-refractivity contribution in [1.29, 1.82) is 0 Å². The number of carboxylic acids is 1. The number of nitrogens with zero attached hydrogens (tertiary/aromatic N) is 4. The van der Waals surface area contributed by atoms with Crippen LogP contribution in [0.3, 0.4) is 0 Å². The van der Waals surface area contributed by atoms with E-state index in [0.29, 0.717) is 12.1 Å². The third-order valence-electron chi connectivity index (χ3n) is 6.19. The van der Waals surface area contributed by atoms with Gasteiger partial charge in [-0.25, -0.2) is 9.18 Å². The summed E-state index contributed by atoms with van der Waals surface area (Å²) in [7, 11) is 0. The second-order valence-electron chi connectivity index (χ2n) is 8.21. The Balaban J connectivity index is 1.63. The molecule has 1 aliphatic heterocycles. The molecule has 0 radical (unpaired) electrons. The molecule has 0 spiro atoms. The standard InChI is InChI=1S/C23H20F4N4O5/c1-2-28-12-15(22(33)34)21(32)14-10-17(24)20(11-19(14)28)30-7-5-29(6-8-30)13-3-4-18(31(35)36)16(9-13)23(25,26)27/h3-4,9-12H,2,5-8H2,1H3,(H,33,34). The largest absolute Gasteiger partial charge is 0.477 e. The zero-order valence-corrected chi connectivity index (χ0v) is 18.9. The van der Waals surface area contributed by atoms with Crippen molar-refractivity contribution in [2.75, 3.05) is 36.0 Å². The van der Waals surface area contributed by atoms with Gasteiger partial charge in [-0.15, -0.1) is 0 Å². The lowest BCUT2D eigenvalue weighted by atomic mass is 10.1. The molecule has 0 amide bonds. The number of hydrogen-bond acceptors (Lipinski definition) is 6. The molecule has 1 N–H and O–H groups in total. The zero-order valence-electron chi connectivity index (χ0n) is 18.9. The normalized spacial score (nSPS) is 14.4. The molecule has 3 aromatic rings. The highest BCUT2D eigenvalue weighted by molar-refractivity contribution is 5.93. The van der Waals surface area contributed by atoms with E-state index < -0.39 is 45.1 Å². The number of nitro groups is 1. The molecule has 2 aromatic carbocycles. The van der Waals surface area contributed by atoms with E-state index in [4.69, 9.17) is 0 Å². The molecule has 1 fully saturated rings. The minimum absolute atomic E-state index is 0.0674. The molecule has 36 heavy (non-hydrogen) atoms. The van der Waals surface area contributed by atoms with Crippen molar-refractivity contribution in [3.8, 4) is 0 Å². The number of aryl methyl sites for hydroxylation is 1. The maximum atomic E-state index is 15.0. The van der Waals surface area contributed by atoms with Crippen LogP contribution in [0.5, 0.6) is 0 Å². The summed E-state index contributed by atoms with van der Waals surface area (Å²) in [5, 5.41) is 20.2. The van der Waals surface area contributed by atoms with Crippen molar-refractivity contribution in [2.24, 2.45) is 0 Å². The number of benzene rings is 2. The average molecular weight is 508 g/mol. The van der Waals surface area contributed by atoms with Crippen LogP contribution in [0.2, 0.25) is 0 Å². The van der Waals surface area contributed by atoms with Crippen molar-refractivity contribution in [2.45, 2.75) is 19.6 Å². The van der Waals surface area contributed by atoms with Crippen LogP contribution < -0.4 is 15.2 Å². The second kappa shape index (κ2) is 9.13. The average Bonchev–Trinajstić information content (AvgIpc) is 2.83. The summed E-state index contributed by atoms with van der Waals surface area (Å²) in [6, 6.07) is 5.28. The number of pyridine rings is 1. The Kier molecular flexibility index (Phi) is 6.33. The van der Waals surface area contributed by atoms with Crippen LogP contribution in [0.1, 0.15) is 22.8 Å². The van der Waals surface area contributed by atoms with Crippen LogP contribution in [0.25, 0.3) is 10.9 Å². The Labute approximate surface area is 200 Å². The van der Waals surface area contributed by atoms with Crippen molar-refractivity contribution in [3.63, 3.8) is 0 Å². The first-order valence-corrected chi connectivity index (χ1v) is 10.9. The monoisotopic (exact) mass is 508 g/mol. The number of aromatic carboxylic acids is 1. The maximum absolute atomic E-state index is 15.0. The van der Waals surface area contributed by atoms with Crippen LogP contribution in [-0.4, -0.2) is 46.7 Å². The van der Waals surface area contributed by atoms with Crippen LogP contribution in [-0.2, 0) is 12.7 Å². The molecule has 13 heteroatoms. The van der Waals surface area contributed by atoms with Gasteiger partial charge in [0.05, 0.1) is 16.1 Å². The third-order valence-corrected chi connectivity index (χ3v) is 6.19. The number of aromatic nitrogens is 1. The molecule has 0 saturated carbocycles. The first-order chi connectivity index (χ1) is 16.9.